The highest BCUT2D eigenvalue weighted by Gasteiger charge is 2.30. The Balaban J connectivity index is 2.11. The topological polar surface area (TPSA) is 17.8 Å². The number of hydrogen-bond donors (Lipinski definition) is 0. The summed E-state index contributed by atoms with van der Waals surface area (Å²) >= 11 is 0. The van der Waals surface area contributed by atoms with E-state index in [1.165, 1.54) is 186 Å². The van der Waals surface area contributed by atoms with Gasteiger partial charge in [-0.3, -0.25) is 0 Å². The molecule has 1 atom stereocenters. The molecule has 0 aliphatic rings. The number of imidazole rings is 1. The standard InChI is InChI=1S/C38H74N2/c1-5-7-9-11-13-15-17-18-19-20-21-23-25-27-29-31-33-37(38(3,4)40-35-34-39-36-40)32-30-28-26-24-22-16-14-12-10-8-6-2/h34-37H,5-33H2,1-4H3. The number of rotatable bonds is 31. The zero-order chi connectivity index (χ0) is 29.0. The maximum absolute atomic E-state index is 4.37. The molecule has 0 radical (unpaired) electrons. The van der Waals surface area contributed by atoms with Gasteiger partial charge < -0.3 is 4.57 Å². The largest absolute Gasteiger partial charge is 0.332 e. The van der Waals surface area contributed by atoms with Crippen LogP contribution in [-0.2, 0) is 5.54 Å². The molecule has 1 aromatic rings. The van der Waals surface area contributed by atoms with Gasteiger partial charge in [0.05, 0.1) is 6.33 Å². The van der Waals surface area contributed by atoms with E-state index in [1.54, 1.807) is 0 Å². The molecule has 0 spiro atoms. The van der Waals surface area contributed by atoms with E-state index in [2.05, 4.69) is 43.4 Å². The van der Waals surface area contributed by atoms with Gasteiger partial charge in [-0.05, 0) is 32.6 Å². The van der Waals surface area contributed by atoms with Gasteiger partial charge in [0.1, 0.15) is 0 Å². The zero-order valence-electron chi connectivity index (χ0n) is 28.2. The summed E-state index contributed by atoms with van der Waals surface area (Å²) in [5, 5.41) is 0. The number of nitrogens with zero attached hydrogens (tertiary/aromatic N) is 2. The molecule has 0 N–H and O–H groups in total. The molecule has 1 heterocycles. The highest BCUT2D eigenvalue weighted by atomic mass is 15.1. The van der Waals surface area contributed by atoms with Crippen LogP contribution >= 0.6 is 0 Å². The summed E-state index contributed by atoms with van der Waals surface area (Å²) in [5.41, 5.74) is 0.171. The Morgan fingerprint density at radius 3 is 1.05 bits per heavy atom. The van der Waals surface area contributed by atoms with Crippen LogP contribution in [0.5, 0.6) is 0 Å². The van der Waals surface area contributed by atoms with Gasteiger partial charge in [0, 0.05) is 17.9 Å². The molecule has 1 aromatic heterocycles. The highest BCUT2D eigenvalue weighted by Crippen LogP contribution is 2.34. The first kappa shape index (κ1) is 37.2. The molecule has 0 fully saturated rings. The third kappa shape index (κ3) is 20.1. The highest BCUT2D eigenvalue weighted by molar-refractivity contribution is 4.90. The first-order chi connectivity index (χ1) is 19.6. The van der Waals surface area contributed by atoms with Crippen LogP contribution in [0.4, 0.5) is 0 Å². The summed E-state index contributed by atoms with van der Waals surface area (Å²) in [7, 11) is 0. The van der Waals surface area contributed by atoms with Crippen molar-refractivity contribution in [2.75, 3.05) is 0 Å². The molecular weight excluding hydrogens is 484 g/mol. The van der Waals surface area contributed by atoms with Crippen LogP contribution in [0.3, 0.4) is 0 Å². The van der Waals surface area contributed by atoms with Crippen molar-refractivity contribution in [1.82, 2.24) is 9.55 Å². The fourth-order valence-electron chi connectivity index (χ4n) is 6.66. The minimum absolute atomic E-state index is 0.171. The van der Waals surface area contributed by atoms with Crippen LogP contribution in [0.1, 0.15) is 214 Å². The molecule has 0 saturated heterocycles. The van der Waals surface area contributed by atoms with Crippen molar-refractivity contribution >= 4 is 0 Å². The fourth-order valence-corrected chi connectivity index (χ4v) is 6.66. The first-order valence-electron chi connectivity index (χ1n) is 18.6. The maximum Gasteiger partial charge on any atom is 0.0951 e. The van der Waals surface area contributed by atoms with Gasteiger partial charge >= 0.3 is 0 Å². The van der Waals surface area contributed by atoms with Crippen LogP contribution in [0.15, 0.2) is 18.7 Å². The van der Waals surface area contributed by atoms with Crippen molar-refractivity contribution in [1.29, 1.82) is 0 Å². The second-order valence-corrected chi connectivity index (χ2v) is 13.7. The zero-order valence-corrected chi connectivity index (χ0v) is 28.2. The van der Waals surface area contributed by atoms with Gasteiger partial charge in [-0.1, -0.05) is 187 Å². The van der Waals surface area contributed by atoms with E-state index < -0.39 is 0 Å². The third-order valence-corrected chi connectivity index (χ3v) is 9.73. The molecule has 0 aromatic carbocycles. The molecule has 40 heavy (non-hydrogen) atoms. The van der Waals surface area contributed by atoms with Crippen molar-refractivity contribution < 1.29 is 0 Å². The number of hydrogen-bond acceptors (Lipinski definition) is 1. The lowest BCUT2D eigenvalue weighted by Crippen LogP contribution is -2.34. The molecule has 0 amide bonds. The van der Waals surface area contributed by atoms with Crippen LogP contribution < -0.4 is 0 Å². The number of aromatic nitrogens is 2. The van der Waals surface area contributed by atoms with Crippen molar-refractivity contribution in [3.05, 3.63) is 18.7 Å². The Kier molecular flexibility index (Phi) is 25.2. The van der Waals surface area contributed by atoms with Gasteiger partial charge in [-0.25, -0.2) is 4.98 Å². The summed E-state index contributed by atoms with van der Waals surface area (Å²) in [6.07, 6.45) is 47.9. The predicted molar refractivity (Wildman–Crippen MR) is 180 cm³/mol. The fraction of sp³-hybridized carbons (Fsp3) is 0.921. The molecule has 0 aliphatic carbocycles. The lowest BCUT2D eigenvalue weighted by atomic mass is 9.79. The molecule has 0 aliphatic heterocycles. The molecule has 0 saturated carbocycles. The number of unbranched alkanes of at least 4 members (excludes halogenated alkanes) is 25. The van der Waals surface area contributed by atoms with Crippen molar-refractivity contribution in [3.8, 4) is 0 Å². The molecule has 1 unspecified atom stereocenters. The van der Waals surface area contributed by atoms with Gasteiger partial charge in [0.25, 0.3) is 0 Å². The second kappa shape index (κ2) is 27.1. The van der Waals surface area contributed by atoms with E-state index >= 15 is 0 Å². The molecule has 0 bridgehead atoms. The third-order valence-electron chi connectivity index (χ3n) is 9.73. The second-order valence-electron chi connectivity index (χ2n) is 13.7. The Morgan fingerprint density at radius 1 is 0.475 bits per heavy atom. The molecule has 2 nitrogen and oxygen atoms in total. The molecule has 2 heteroatoms. The van der Waals surface area contributed by atoms with E-state index in [1.807, 2.05) is 12.5 Å². The normalized spacial score (nSPS) is 12.8. The van der Waals surface area contributed by atoms with E-state index in [4.69, 9.17) is 0 Å². The Morgan fingerprint density at radius 2 is 0.775 bits per heavy atom. The SMILES string of the molecule is CCCCCCCCCCCCCCCCCCC(CCCCCCCCCCCCC)C(C)(C)n1ccnc1. The average molecular weight is 559 g/mol. The molecule has 236 valence electrons. The van der Waals surface area contributed by atoms with Gasteiger partial charge in [-0.15, -0.1) is 0 Å². The van der Waals surface area contributed by atoms with E-state index in [0.29, 0.717) is 0 Å². The lowest BCUT2D eigenvalue weighted by molar-refractivity contribution is 0.181. The Bertz CT molecular complexity index is 605. The van der Waals surface area contributed by atoms with Crippen molar-refractivity contribution in [2.45, 2.75) is 219 Å². The van der Waals surface area contributed by atoms with E-state index in [9.17, 15) is 0 Å². The van der Waals surface area contributed by atoms with Crippen molar-refractivity contribution in [2.24, 2.45) is 5.92 Å². The molecular formula is C38H74N2. The summed E-state index contributed by atoms with van der Waals surface area (Å²) in [4.78, 5) is 4.37. The maximum atomic E-state index is 4.37. The minimum Gasteiger partial charge on any atom is -0.332 e. The minimum atomic E-state index is 0.171. The molecule has 1 rings (SSSR count). The summed E-state index contributed by atoms with van der Waals surface area (Å²) in [6, 6.07) is 0. The van der Waals surface area contributed by atoms with Gasteiger partial charge in [0.2, 0.25) is 0 Å². The summed E-state index contributed by atoms with van der Waals surface area (Å²) in [6.45, 7) is 9.51. The van der Waals surface area contributed by atoms with E-state index in [-0.39, 0.29) is 5.54 Å². The monoisotopic (exact) mass is 559 g/mol. The summed E-state index contributed by atoms with van der Waals surface area (Å²) < 4.78 is 2.38. The van der Waals surface area contributed by atoms with E-state index in [0.717, 1.165) is 5.92 Å². The van der Waals surface area contributed by atoms with Crippen LogP contribution in [0.25, 0.3) is 0 Å². The van der Waals surface area contributed by atoms with Gasteiger partial charge in [-0.2, -0.15) is 0 Å². The Labute approximate surface area is 253 Å². The summed E-state index contributed by atoms with van der Waals surface area (Å²) in [5.74, 6) is 0.756. The van der Waals surface area contributed by atoms with Crippen LogP contribution in [0, 0.1) is 5.92 Å². The lowest BCUT2D eigenvalue weighted by Gasteiger charge is -2.36. The van der Waals surface area contributed by atoms with Gasteiger partial charge in [0.15, 0.2) is 0 Å². The Hall–Kier alpha value is -0.790. The van der Waals surface area contributed by atoms with Crippen molar-refractivity contribution in [3.63, 3.8) is 0 Å². The van der Waals surface area contributed by atoms with Crippen LogP contribution in [0.2, 0.25) is 0 Å². The smallest absolute Gasteiger partial charge is 0.0951 e. The average Bonchev–Trinajstić information content (AvgIpc) is 3.51. The quantitative estimate of drug-likeness (QED) is 0.0828. The first-order valence-corrected chi connectivity index (χ1v) is 18.6. The predicted octanol–water partition coefficient (Wildman–Crippen LogP) is 13.6. The van der Waals surface area contributed by atoms with Crippen LogP contribution in [-0.4, -0.2) is 9.55 Å².